The zero-order valence-corrected chi connectivity index (χ0v) is 22.8. The van der Waals surface area contributed by atoms with Crippen LogP contribution in [-0.4, -0.2) is 82.6 Å². The maximum absolute atomic E-state index is 14.4. The Hall–Kier alpha value is -4.35. The lowest BCUT2D eigenvalue weighted by Gasteiger charge is -2.62. The number of rotatable bonds is 8. The molecule has 0 unspecified atom stereocenters. The summed E-state index contributed by atoms with van der Waals surface area (Å²) in [6.07, 6.45) is -6.22. The van der Waals surface area contributed by atoms with Crippen LogP contribution in [0.1, 0.15) is 36.6 Å². The summed E-state index contributed by atoms with van der Waals surface area (Å²) in [6.45, 7) is 0. The van der Waals surface area contributed by atoms with Crippen LogP contribution in [-0.2, 0) is 6.42 Å². The first-order valence-corrected chi connectivity index (χ1v) is 13.5. The van der Waals surface area contributed by atoms with Crippen molar-refractivity contribution >= 4 is 17.3 Å². The van der Waals surface area contributed by atoms with E-state index < -0.39 is 58.4 Å². The number of ketones is 3. The van der Waals surface area contributed by atoms with Gasteiger partial charge in [0.1, 0.15) is 17.8 Å². The predicted octanol–water partition coefficient (Wildman–Crippen LogP) is 1.54. The second kappa shape index (κ2) is 11.1. The molecule has 0 radical (unpaired) electrons. The quantitative estimate of drug-likeness (QED) is 0.169. The topological polar surface area (TPSA) is 173 Å². The molecule has 6 N–H and O–H groups in total. The summed E-state index contributed by atoms with van der Waals surface area (Å²) < 4.78 is 0. The average molecular weight is 583 g/mol. The molecule has 1 aliphatic carbocycles. The van der Waals surface area contributed by atoms with Gasteiger partial charge in [0.05, 0.1) is 0 Å². The van der Waals surface area contributed by atoms with Gasteiger partial charge in [-0.2, -0.15) is 0 Å². The third kappa shape index (κ3) is 4.29. The van der Waals surface area contributed by atoms with Crippen LogP contribution in [0.5, 0.6) is 0 Å². The van der Waals surface area contributed by atoms with Crippen molar-refractivity contribution in [1.82, 2.24) is 0 Å². The van der Waals surface area contributed by atoms with Crippen molar-refractivity contribution in [3.8, 4) is 0 Å². The fourth-order valence-corrected chi connectivity index (χ4v) is 6.05. The summed E-state index contributed by atoms with van der Waals surface area (Å²) in [6, 6.07) is 28.1. The van der Waals surface area contributed by atoms with E-state index in [1.807, 2.05) is 0 Å². The Labute approximate surface area is 246 Å². The number of hydrogen-bond acceptors (Lipinski definition) is 9. The second-order valence-electron chi connectivity index (χ2n) is 10.7. The zero-order chi connectivity index (χ0) is 31.0. The van der Waals surface area contributed by atoms with E-state index in [-0.39, 0.29) is 22.3 Å². The molecular weight excluding hydrogens is 552 g/mol. The SMILES string of the molecule is O=C(c1ccccc1)[C@@]1(O)[C@](O)(C(=O)c2ccccc2)[C@@](O)(C(=O)c2ccccc2)[C@H](O)[C@H](O)[C@]1(O)Cc1ccccc1. The molecule has 9 nitrogen and oxygen atoms in total. The Bertz CT molecular complexity index is 1630. The van der Waals surface area contributed by atoms with E-state index in [2.05, 4.69) is 0 Å². The molecule has 0 aliphatic heterocycles. The van der Waals surface area contributed by atoms with Crippen LogP contribution in [0.4, 0.5) is 0 Å². The number of aliphatic hydroxyl groups is 6. The molecule has 220 valence electrons. The van der Waals surface area contributed by atoms with Crippen LogP contribution in [0.15, 0.2) is 121 Å². The van der Waals surface area contributed by atoms with Gasteiger partial charge in [0.2, 0.25) is 23.0 Å². The predicted molar refractivity (Wildman–Crippen MR) is 154 cm³/mol. The standard InChI is InChI=1S/C34H30O9/c35-26(23-15-7-2-8-16-23)32(41)30(39)29(38)31(40,21-22-13-5-1-6-14-22)33(42,27(36)24-17-9-3-10-18-24)34(32,43)28(37)25-19-11-4-12-20-25/h1-20,29-30,38-43H,21H2/t29-,30+,31+,32+,33-,34-/m0/s1. The normalized spacial score (nSPS) is 30.4. The summed E-state index contributed by atoms with van der Waals surface area (Å²) in [5.41, 5.74) is -15.6. The van der Waals surface area contributed by atoms with Gasteiger partial charge < -0.3 is 30.6 Å². The maximum atomic E-state index is 14.4. The van der Waals surface area contributed by atoms with Crippen LogP contribution in [0.2, 0.25) is 0 Å². The van der Waals surface area contributed by atoms with E-state index in [9.17, 15) is 45.0 Å². The van der Waals surface area contributed by atoms with E-state index in [0.29, 0.717) is 0 Å². The molecule has 1 fully saturated rings. The lowest BCUT2D eigenvalue weighted by Crippen LogP contribution is -2.92. The average Bonchev–Trinajstić information content (AvgIpc) is 3.06. The third-order valence-electron chi connectivity index (χ3n) is 8.35. The first kappa shape index (κ1) is 30.1. The largest absolute Gasteiger partial charge is 0.387 e. The molecule has 43 heavy (non-hydrogen) atoms. The molecule has 1 aliphatic rings. The summed E-state index contributed by atoms with van der Waals surface area (Å²) >= 11 is 0. The molecule has 5 rings (SSSR count). The van der Waals surface area contributed by atoms with E-state index >= 15 is 0 Å². The van der Waals surface area contributed by atoms with Gasteiger partial charge in [-0.25, -0.2) is 0 Å². The number of carbonyl (C=O) groups excluding carboxylic acids is 3. The van der Waals surface area contributed by atoms with Gasteiger partial charge in [0.15, 0.2) is 11.2 Å². The minimum absolute atomic E-state index is 0.227. The van der Waals surface area contributed by atoms with E-state index in [1.165, 1.54) is 91.0 Å². The van der Waals surface area contributed by atoms with E-state index in [1.54, 1.807) is 30.3 Å². The molecule has 0 amide bonds. The van der Waals surface area contributed by atoms with Crippen molar-refractivity contribution in [1.29, 1.82) is 0 Å². The van der Waals surface area contributed by atoms with Crippen LogP contribution in [0.25, 0.3) is 0 Å². The number of Topliss-reactive ketones (excluding diaryl/α,β-unsaturated/α-hetero) is 3. The molecule has 6 atom stereocenters. The summed E-state index contributed by atoms with van der Waals surface area (Å²) in [5.74, 6) is -4.51. The second-order valence-corrected chi connectivity index (χ2v) is 10.7. The van der Waals surface area contributed by atoms with Crippen molar-refractivity contribution < 1.29 is 45.0 Å². The first-order valence-electron chi connectivity index (χ1n) is 13.5. The highest BCUT2D eigenvalue weighted by Crippen LogP contribution is 2.54. The zero-order valence-electron chi connectivity index (χ0n) is 22.8. The summed E-state index contributed by atoms with van der Waals surface area (Å²) in [7, 11) is 0. The van der Waals surface area contributed by atoms with Crippen molar-refractivity contribution in [3.05, 3.63) is 144 Å². The molecule has 0 spiro atoms. The van der Waals surface area contributed by atoms with Gasteiger partial charge in [-0.05, 0) is 5.56 Å². The molecule has 0 bridgehead atoms. The van der Waals surface area contributed by atoms with Gasteiger partial charge in [-0.3, -0.25) is 14.4 Å². The number of hydrogen-bond donors (Lipinski definition) is 6. The van der Waals surface area contributed by atoms with Crippen LogP contribution >= 0.6 is 0 Å². The van der Waals surface area contributed by atoms with Gasteiger partial charge in [-0.15, -0.1) is 0 Å². The molecule has 0 aromatic heterocycles. The fraction of sp³-hybridized carbons (Fsp3) is 0.206. The van der Waals surface area contributed by atoms with E-state index in [0.717, 1.165) is 0 Å². The summed E-state index contributed by atoms with van der Waals surface area (Å²) in [4.78, 5) is 43.0. The molecule has 0 saturated heterocycles. The molecule has 4 aromatic rings. The highest BCUT2D eigenvalue weighted by atomic mass is 16.5. The number of carbonyl (C=O) groups is 3. The van der Waals surface area contributed by atoms with Crippen LogP contribution < -0.4 is 0 Å². The Morgan fingerprint density at radius 2 is 0.837 bits per heavy atom. The van der Waals surface area contributed by atoms with Gasteiger partial charge in [-0.1, -0.05) is 121 Å². The van der Waals surface area contributed by atoms with Gasteiger partial charge >= 0.3 is 0 Å². The number of benzene rings is 4. The summed E-state index contributed by atoms with van der Waals surface area (Å²) in [5, 5.41) is 73.0. The third-order valence-corrected chi connectivity index (χ3v) is 8.35. The smallest absolute Gasteiger partial charge is 0.206 e. The lowest BCUT2D eigenvalue weighted by molar-refractivity contribution is -0.332. The van der Waals surface area contributed by atoms with Crippen LogP contribution in [0, 0.1) is 0 Å². The highest BCUT2D eigenvalue weighted by Gasteiger charge is 2.85. The Balaban J connectivity index is 1.89. The van der Waals surface area contributed by atoms with Gasteiger partial charge in [0, 0.05) is 23.1 Å². The van der Waals surface area contributed by atoms with Crippen molar-refractivity contribution in [2.24, 2.45) is 0 Å². The minimum atomic E-state index is -3.97. The van der Waals surface area contributed by atoms with Crippen LogP contribution in [0.3, 0.4) is 0 Å². The van der Waals surface area contributed by atoms with Crippen molar-refractivity contribution in [3.63, 3.8) is 0 Å². The molecule has 4 aromatic carbocycles. The Morgan fingerprint density at radius 3 is 1.26 bits per heavy atom. The molecular formula is C34H30O9. The first-order chi connectivity index (χ1) is 20.4. The molecule has 9 heteroatoms. The minimum Gasteiger partial charge on any atom is -0.387 e. The molecule has 0 heterocycles. The van der Waals surface area contributed by atoms with Crippen molar-refractivity contribution in [2.75, 3.05) is 0 Å². The van der Waals surface area contributed by atoms with Gasteiger partial charge in [0.25, 0.3) is 0 Å². The highest BCUT2D eigenvalue weighted by molar-refractivity contribution is 6.19. The monoisotopic (exact) mass is 582 g/mol. The van der Waals surface area contributed by atoms with Crippen molar-refractivity contribution in [2.45, 2.75) is 41.0 Å². The Morgan fingerprint density at radius 1 is 0.488 bits per heavy atom. The fourth-order valence-electron chi connectivity index (χ4n) is 6.05. The number of aliphatic hydroxyl groups excluding tert-OH is 2. The Kier molecular flexibility index (Phi) is 7.74. The van der Waals surface area contributed by atoms with E-state index in [4.69, 9.17) is 0 Å². The lowest BCUT2D eigenvalue weighted by atomic mass is 9.48. The molecule has 1 saturated carbocycles. The maximum Gasteiger partial charge on any atom is 0.206 e.